The van der Waals surface area contributed by atoms with Crippen LogP contribution in [0.2, 0.25) is 0 Å². The highest BCUT2D eigenvalue weighted by atomic mass is 19.1. The summed E-state index contributed by atoms with van der Waals surface area (Å²) in [5, 5.41) is 0. The van der Waals surface area contributed by atoms with E-state index in [-0.39, 0.29) is 42.5 Å². The Morgan fingerprint density at radius 3 is 2.66 bits per heavy atom. The van der Waals surface area contributed by atoms with E-state index in [1.165, 1.54) is 42.3 Å². The summed E-state index contributed by atoms with van der Waals surface area (Å²) in [7, 11) is 1.52. The van der Waals surface area contributed by atoms with E-state index in [1.807, 2.05) is 0 Å². The molecule has 1 aliphatic rings. The number of carbonyl (C=O) groups is 3. The first-order chi connectivity index (χ1) is 15.4. The molecule has 1 unspecified atom stereocenters. The van der Waals surface area contributed by atoms with Crippen LogP contribution in [0.25, 0.3) is 0 Å². The van der Waals surface area contributed by atoms with Crippen molar-refractivity contribution in [3.05, 3.63) is 53.7 Å². The molecule has 172 valence electrons. The quantitative estimate of drug-likeness (QED) is 0.580. The Bertz CT molecular complexity index is 942. The fraction of sp³-hybridized carbons (Fsp3) is 0.435. The van der Waals surface area contributed by atoms with Gasteiger partial charge in [-0.1, -0.05) is 0 Å². The molecule has 0 spiro atoms. The second-order valence-electron chi connectivity index (χ2n) is 7.60. The van der Waals surface area contributed by atoms with Crippen molar-refractivity contribution in [2.75, 3.05) is 33.3 Å². The maximum absolute atomic E-state index is 12.9. The van der Waals surface area contributed by atoms with Crippen molar-refractivity contribution in [2.45, 2.75) is 26.4 Å². The molecule has 0 N–H and O–H groups in total. The van der Waals surface area contributed by atoms with E-state index in [9.17, 15) is 18.8 Å². The zero-order chi connectivity index (χ0) is 23.1. The van der Waals surface area contributed by atoms with E-state index in [0.717, 1.165) is 0 Å². The van der Waals surface area contributed by atoms with Crippen molar-refractivity contribution < 1.29 is 32.7 Å². The van der Waals surface area contributed by atoms with Gasteiger partial charge < -0.3 is 23.7 Å². The van der Waals surface area contributed by atoms with Gasteiger partial charge in [0.1, 0.15) is 23.9 Å². The average molecular weight is 446 g/mol. The summed E-state index contributed by atoms with van der Waals surface area (Å²) in [6.45, 7) is 2.84. The number of carbonyl (C=O) groups excluding carboxylic acids is 3. The molecular formula is C23H27FN2O6. The Kier molecular flexibility index (Phi) is 7.86. The Hall–Kier alpha value is -3.36. The highest BCUT2D eigenvalue weighted by Gasteiger charge is 2.30. The fourth-order valence-corrected chi connectivity index (χ4v) is 3.47. The van der Waals surface area contributed by atoms with Crippen molar-refractivity contribution >= 4 is 17.8 Å². The zero-order valence-electron chi connectivity index (χ0n) is 18.2. The fourth-order valence-electron chi connectivity index (χ4n) is 3.47. The average Bonchev–Trinajstić information content (AvgIpc) is 3.27. The lowest BCUT2D eigenvalue weighted by atomic mass is 9.98. The second kappa shape index (κ2) is 10.8. The summed E-state index contributed by atoms with van der Waals surface area (Å²) in [4.78, 5) is 40.2. The number of amides is 2. The van der Waals surface area contributed by atoms with Gasteiger partial charge in [-0.05, 0) is 56.2 Å². The normalized spacial score (nSPS) is 15.8. The van der Waals surface area contributed by atoms with Gasteiger partial charge >= 0.3 is 5.97 Å². The number of likely N-dealkylation sites (N-methyl/N-ethyl adjacent to an activating group) is 1. The molecule has 1 atom stereocenters. The van der Waals surface area contributed by atoms with Gasteiger partial charge in [0.25, 0.3) is 5.91 Å². The predicted molar refractivity (Wildman–Crippen MR) is 112 cm³/mol. The summed E-state index contributed by atoms with van der Waals surface area (Å²) in [6.07, 6.45) is 1.40. The van der Waals surface area contributed by atoms with E-state index in [0.29, 0.717) is 44.0 Å². The lowest BCUT2D eigenvalue weighted by Crippen LogP contribution is -2.47. The molecule has 1 aromatic heterocycles. The minimum atomic E-state index is -0.440. The van der Waals surface area contributed by atoms with Crippen molar-refractivity contribution in [3.63, 3.8) is 0 Å². The van der Waals surface area contributed by atoms with Crippen LogP contribution in [0.3, 0.4) is 0 Å². The zero-order valence-corrected chi connectivity index (χ0v) is 18.2. The summed E-state index contributed by atoms with van der Waals surface area (Å²) < 4.78 is 29.1. The topological polar surface area (TPSA) is 89.3 Å². The molecule has 1 fully saturated rings. The van der Waals surface area contributed by atoms with Crippen LogP contribution in [0.1, 0.15) is 36.1 Å². The largest absolute Gasteiger partial charge is 0.486 e. The molecule has 2 aromatic rings. The first-order valence-corrected chi connectivity index (χ1v) is 10.5. The Balaban J connectivity index is 1.51. The number of rotatable bonds is 8. The summed E-state index contributed by atoms with van der Waals surface area (Å²) in [5.74, 6) is -0.677. The molecule has 1 aliphatic heterocycles. The van der Waals surface area contributed by atoms with Crippen LogP contribution in [0.15, 0.2) is 40.8 Å². The van der Waals surface area contributed by atoms with Gasteiger partial charge in [-0.2, -0.15) is 0 Å². The number of hydrogen-bond donors (Lipinski definition) is 0. The van der Waals surface area contributed by atoms with Crippen molar-refractivity contribution in [1.82, 2.24) is 9.80 Å². The maximum atomic E-state index is 12.9. The first-order valence-electron chi connectivity index (χ1n) is 10.5. The van der Waals surface area contributed by atoms with Crippen LogP contribution >= 0.6 is 0 Å². The molecule has 9 heteroatoms. The Labute approximate surface area is 185 Å². The van der Waals surface area contributed by atoms with Crippen LogP contribution in [0.4, 0.5) is 4.39 Å². The number of likely N-dealkylation sites (tertiary alicyclic amines) is 1. The van der Waals surface area contributed by atoms with Gasteiger partial charge in [-0.15, -0.1) is 0 Å². The van der Waals surface area contributed by atoms with Gasteiger partial charge in [0.15, 0.2) is 5.76 Å². The number of ether oxygens (including phenoxy) is 2. The smallest absolute Gasteiger partial charge is 0.310 e. The van der Waals surface area contributed by atoms with E-state index in [4.69, 9.17) is 13.9 Å². The highest BCUT2D eigenvalue weighted by molar-refractivity contribution is 5.94. The number of halogens is 1. The summed E-state index contributed by atoms with van der Waals surface area (Å²) in [6, 6.07) is 8.70. The highest BCUT2D eigenvalue weighted by Crippen LogP contribution is 2.19. The Morgan fingerprint density at radius 2 is 1.94 bits per heavy atom. The van der Waals surface area contributed by atoms with Crippen LogP contribution in [0.5, 0.6) is 5.75 Å². The first kappa shape index (κ1) is 23.3. The minimum Gasteiger partial charge on any atom is -0.486 e. The lowest BCUT2D eigenvalue weighted by Gasteiger charge is -2.32. The molecule has 2 heterocycles. The molecule has 0 saturated carbocycles. The SMILES string of the molecule is CCOC(=O)C1CCCN(C(=O)CN(C)C(=O)c2ccc(COc3ccc(F)cc3)o2)C1. The predicted octanol–water partition coefficient (Wildman–Crippen LogP) is 2.87. The van der Waals surface area contributed by atoms with Crippen molar-refractivity contribution in [2.24, 2.45) is 5.92 Å². The van der Waals surface area contributed by atoms with E-state index >= 15 is 0 Å². The maximum Gasteiger partial charge on any atom is 0.310 e. The molecule has 1 saturated heterocycles. The van der Waals surface area contributed by atoms with Crippen LogP contribution < -0.4 is 4.74 Å². The number of furan rings is 1. The molecular weight excluding hydrogens is 419 g/mol. The molecule has 8 nitrogen and oxygen atoms in total. The molecule has 32 heavy (non-hydrogen) atoms. The number of hydrogen-bond acceptors (Lipinski definition) is 6. The molecule has 0 aliphatic carbocycles. The van der Waals surface area contributed by atoms with Crippen molar-refractivity contribution in [3.8, 4) is 5.75 Å². The van der Waals surface area contributed by atoms with E-state index in [2.05, 4.69) is 0 Å². The molecule has 3 rings (SSSR count). The van der Waals surface area contributed by atoms with Crippen LogP contribution in [0, 0.1) is 11.7 Å². The third kappa shape index (κ3) is 6.09. The monoisotopic (exact) mass is 446 g/mol. The molecule has 0 radical (unpaired) electrons. The Morgan fingerprint density at radius 1 is 1.19 bits per heavy atom. The molecule has 0 bridgehead atoms. The lowest BCUT2D eigenvalue weighted by molar-refractivity contribution is -0.151. The minimum absolute atomic E-state index is 0.0740. The number of piperidine rings is 1. The summed E-state index contributed by atoms with van der Waals surface area (Å²) >= 11 is 0. The second-order valence-corrected chi connectivity index (χ2v) is 7.60. The van der Waals surface area contributed by atoms with E-state index < -0.39 is 5.91 Å². The number of benzene rings is 1. The van der Waals surface area contributed by atoms with Crippen molar-refractivity contribution in [1.29, 1.82) is 0 Å². The van der Waals surface area contributed by atoms with E-state index in [1.54, 1.807) is 17.9 Å². The molecule has 1 aromatic carbocycles. The third-order valence-electron chi connectivity index (χ3n) is 5.18. The van der Waals surface area contributed by atoms with Gasteiger partial charge in [0.2, 0.25) is 5.91 Å². The standard InChI is InChI=1S/C23H27FN2O6/c1-3-30-23(29)16-5-4-12-26(13-16)21(27)14-25(2)22(28)20-11-10-19(32-20)15-31-18-8-6-17(24)7-9-18/h6-11,16H,3-5,12-15H2,1-2H3. The van der Waals surface area contributed by atoms with Gasteiger partial charge in [0, 0.05) is 20.1 Å². The molecule has 2 amide bonds. The van der Waals surface area contributed by atoms with Gasteiger partial charge in [-0.3, -0.25) is 14.4 Å². The third-order valence-corrected chi connectivity index (χ3v) is 5.18. The van der Waals surface area contributed by atoms with Gasteiger partial charge in [0.05, 0.1) is 19.1 Å². The number of esters is 1. The number of nitrogens with zero attached hydrogens (tertiary/aromatic N) is 2. The van der Waals surface area contributed by atoms with Crippen LogP contribution in [-0.4, -0.2) is 60.9 Å². The van der Waals surface area contributed by atoms with Crippen LogP contribution in [-0.2, 0) is 20.9 Å². The van der Waals surface area contributed by atoms with Gasteiger partial charge in [-0.25, -0.2) is 4.39 Å². The summed E-state index contributed by atoms with van der Waals surface area (Å²) in [5.41, 5.74) is 0.